The first-order chi connectivity index (χ1) is 18.7. The van der Waals surface area contributed by atoms with Crippen LogP contribution in [0.1, 0.15) is 37.8 Å². The summed E-state index contributed by atoms with van der Waals surface area (Å²) in [4.78, 5) is 4.23. The van der Waals surface area contributed by atoms with Gasteiger partial charge in [-0.25, -0.2) is 0 Å². The first kappa shape index (κ1) is 25.2. The van der Waals surface area contributed by atoms with Crippen LogP contribution in [0.3, 0.4) is 0 Å². The minimum Gasteiger partial charge on any atom is -0.270 e. The number of allylic oxidation sites excluding steroid dienone is 6. The molecule has 186 valence electrons. The Hall–Kier alpha value is -4.49. The number of aliphatic imine (C=N–C) groups is 1. The molecule has 5 rings (SSSR count). The van der Waals surface area contributed by atoms with Gasteiger partial charge in [0.25, 0.3) is 0 Å². The van der Waals surface area contributed by atoms with Gasteiger partial charge < -0.3 is 0 Å². The Morgan fingerprint density at radius 3 is 2.08 bits per heavy atom. The lowest BCUT2D eigenvalue weighted by Crippen LogP contribution is -1.93. The van der Waals surface area contributed by atoms with E-state index >= 15 is 0 Å². The Balaban J connectivity index is 1.78. The van der Waals surface area contributed by atoms with Crippen LogP contribution in [0.2, 0.25) is 0 Å². The van der Waals surface area contributed by atoms with Crippen LogP contribution in [0.15, 0.2) is 133 Å². The van der Waals surface area contributed by atoms with Crippen molar-refractivity contribution in [3.63, 3.8) is 0 Å². The third kappa shape index (κ3) is 4.76. The van der Waals surface area contributed by atoms with E-state index in [0.29, 0.717) is 0 Å². The molecule has 0 spiro atoms. The smallest absolute Gasteiger partial charge is 0.0229 e. The maximum absolute atomic E-state index is 4.23. The lowest BCUT2D eigenvalue weighted by Gasteiger charge is -2.18. The fourth-order valence-corrected chi connectivity index (χ4v) is 5.36. The van der Waals surface area contributed by atoms with E-state index in [4.69, 9.17) is 0 Å². The monoisotopic (exact) mass is 491 g/mol. The van der Waals surface area contributed by atoms with Crippen molar-refractivity contribution >= 4 is 44.1 Å². The van der Waals surface area contributed by atoms with E-state index in [-0.39, 0.29) is 5.92 Å². The molecule has 1 nitrogen and oxygen atoms in total. The van der Waals surface area contributed by atoms with Gasteiger partial charge in [0.05, 0.1) is 0 Å². The van der Waals surface area contributed by atoms with Gasteiger partial charge in [0, 0.05) is 18.3 Å². The minimum absolute atomic E-state index is 0.286. The summed E-state index contributed by atoms with van der Waals surface area (Å²) in [6, 6.07) is 31.2. The second kappa shape index (κ2) is 11.3. The quantitative estimate of drug-likeness (QED) is 0.122. The molecule has 0 aliphatic rings. The number of nitrogens with zero attached hydrogens (tertiary/aromatic N) is 1. The number of hydrogen-bond acceptors (Lipinski definition) is 1. The lowest BCUT2D eigenvalue weighted by atomic mass is 9.85. The number of benzene rings is 5. The van der Waals surface area contributed by atoms with Gasteiger partial charge in [0.15, 0.2) is 0 Å². The van der Waals surface area contributed by atoms with Gasteiger partial charge in [-0.05, 0) is 80.1 Å². The summed E-state index contributed by atoms with van der Waals surface area (Å²) in [6.45, 7) is 10.2. The molecule has 1 atom stereocenters. The zero-order chi connectivity index (χ0) is 26.5. The standard InChI is InChI=1S/C37H33N/c1-5-12-28(13-6-2)36-32-14-8-10-16-34(32)37(35-17-11-9-15-33(35)36)30-21-19-27-18-20-29(24-31(27)25-30)26(4)22-23-38-7-3/h5-26H,1H2,2-4H3/b13-6-,23-22-,28-12+,38-7-. The molecular formula is C37H33N. The molecule has 0 amide bonds. The summed E-state index contributed by atoms with van der Waals surface area (Å²) in [5.74, 6) is 0.286. The van der Waals surface area contributed by atoms with E-state index in [2.05, 4.69) is 135 Å². The SMILES string of the molecule is C=C/C=C(\C=C/C)c1c2ccccc2c(-c2ccc3ccc(C(C)/C=C\N=C/C)cc3c2)c2ccccc12. The normalized spacial score (nSPS) is 13.5. The molecule has 0 aliphatic carbocycles. The van der Waals surface area contributed by atoms with E-state index in [1.165, 1.54) is 60.1 Å². The first-order valence-electron chi connectivity index (χ1n) is 13.2. The Morgan fingerprint density at radius 1 is 0.789 bits per heavy atom. The highest BCUT2D eigenvalue weighted by molar-refractivity contribution is 6.19. The van der Waals surface area contributed by atoms with E-state index in [9.17, 15) is 0 Å². The van der Waals surface area contributed by atoms with Crippen LogP contribution in [0.5, 0.6) is 0 Å². The Kier molecular flexibility index (Phi) is 7.47. The molecule has 0 aromatic heterocycles. The van der Waals surface area contributed by atoms with Crippen molar-refractivity contribution < 1.29 is 0 Å². The molecule has 0 bridgehead atoms. The number of fused-ring (bicyclic) bond motifs is 3. The van der Waals surface area contributed by atoms with E-state index in [1.807, 2.05) is 25.4 Å². The van der Waals surface area contributed by atoms with Crippen LogP contribution in [0.4, 0.5) is 0 Å². The van der Waals surface area contributed by atoms with Gasteiger partial charge in [-0.3, -0.25) is 4.99 Å². The summed E-state index contributed by atoms with van der Waals surface area (Å²) in [7, 11) is 0. The van der Waals surface area contributed by atoms with Crippen LogP contribution in [-0.2, 0) is 0 Å². The van der Waals surface area contributed by atoms with Crippen LogP contribution >= 0.6 is 0 Å². The summed E-state index contributed by atoms with van der Waals surface area (Å²) in [6.07, 6.45) is 14.1. The van der Waals surface area contributed by atoms with Crippen molar-refractivity contribution in [1.29, 1.82) is 0 Å². The number of hydrogen-bond donors (Lipinski definition) is 0. The second-order valence-corrected chi connectivity index (χ2v) is 9.56. The van der Waals surface area contributed by atoms with Crippen molar-refractivity contribution in [2.75, 3.05) is 0 Å². The molecule has 5 aromatic carbocycles. The van der Waals surface area contributed by atoms with Gasteiger partial charge in [-0.15, -0.1) is 0 Å². The van der Waals surface area contributed by atoms with Gasteiger partial charge in [0.2, 0.25) is 0 Å². The topological polar surface area (TPSA) is 12.4 Å². The Bertz CT molecular complexity index is 1700. The molecule has 0 saturated carbocycles. The maximum Gasteiger partial charge on any atom is 0.0229 e. The first-order valence-corrected chi connectivity index (χ1v) is 13.2. The summed E-state index contributed by atoms with van der Waals surface area (Å²) >= 11 is 0. The molecular weight excluding hydrogens is 458 g/mol. The highest BCUT2D eigenvalue weighted by Crippen LogP contribution is 2.42. The number of rotatable bonds is 7. The van der Waals surface area contributed by atoms with Crippen LogP contribution in [-0.4, -0.2) is 6.21 Å². The van der Waals surface area contributed by atoms with Crippen LogP contribution in [0, 0.1) is 0 Å². The highest BCUT2D eigenvalue weighted by atomic mass is 14.6. The van der Waals surface area contributed by atoms with Crippen molar-refractivity contribution in [2.45, 2.75) is 26.7 Å². The molecule has 0 fully saturated rings. The van der Waals surface area contributed by atoms with Crippen molar-refractivity contribution in [1.82, 2.24) is 0 Å². The van der Waals surface area contributed by atoms with Crippen molar-refractivity contribution in [3.05, 3.63) is 139 Å². The molecule has 0 radical (unpaired) electrons. The van der Waals surface area contributed by atoms with Gasteiger partial charge >= 0.3 is 0 Å². The molecule has 0 N–H and O–H groups in total. The van der Waals surface area contributed by atoms with Gasteiger partial charge in [0.1, 0.15) is 0 Å². The third-order valence-electron chi connectivity index (χ3n) is 7.15. The molecule has 1 heteroatoms. The molecule has 1 unspecified atom stereocenters. The highest BCUT2D eigenvalue weighted by Gasteiger charge is 2.17. The fraction of sp³-hybridized carbons (Fsp3) is 0.108. The average molecular weight is 492 g/mol. The van der Waals surface area contributed by atoms with Gasteiger partial charge in [-0.1, -0.05) is 123 Å². The average Bonchev–Trinajstić information content (AvgIpc) is 2.95. The van der Waals surface area contributed by atoms with Crippen LogP contribution in [0.25, 0.3) is 49.0 Å². The zero-order valence-electron chi connectivity index (χ0n) is 22.4. The van der Waals surface area contributed by atoms with E-state index in [0.717, 1.165) is 0 Å². The molecule has 0 aliphatic heterocycles. The summed E-state index contributed by atoms with van der Waals surface area (Å²) in [5.41, 5.74) is 6.20. The third-order valence-corrected chi connectivity index (χ3v) is 7.15. The van der Waals surface area contributed by atoms with E-state index < -0.39 is 0 Å². The molecule has 0 heterocycles. The minimum atomic E-state index is 0.286. The lowest BCUT2D eigenvalue weighted by molar-refractivity contribution is 0.966. The summed E-state index contributed by atoms with van der Waals surface area (Å²) in [5, 5.41) is 7.50. The predicted octanol–water partition coefficient (Wildman–Crippen LogP) is 10.7. The van der Waals surface area contributed by atoms with Crippen molar-refractivity contribution in [3.8, 4) is 11.1 Å². The van der Waals surface area contributed by atoms with Gasteiger partial charge in [-0.2, -0.15) is 0 Å². The zero-order valence-corrected chi connectivity index (χ0v) is 22.4. The second-order valence-electron chi connectivity index (χ2n) is 9.56. The van der Waals surface area contributed by atoms with Crippen molar-refractivity contribution in [2.24, 2.45) is 4.99 Å². The molecule has 38 heavy (non-hydrogen) atoms. The Morgan fingerprint density at radius 2 is 1.45 bits per heavy atom. The largest absolute Gasteiger partial charge is 0.270 e. The fourth-order valence-electron chi connectivity index (χ4n) is 5.36. The molecule has 5 aromatic rings. The summed E-state index contributed by atoms with van der Waals surface area (Å²) < 4.78 is 0. The van der Waals surface area contributed by atoms with Crippen LogP contribution < -0.4 is 0 Å². The van der Waals surface area contributed by atoms with E-state index in [1.54, 1.807) is 0 Å². The Labute approximate surface area is 225 Å². The molecule has 0 saturated heterocycles. The maximum atomic E-state index is 4.23. The predicted molar refractivity (Wildman–Crippen MR) is 169 cm³/mol.